The molecule has 1 saturated heterocycles. The van der Waals surface area contributed by atoms with Crippen LogP contribution in [0.25, 0.3) is 0 Å². The normalized spacial score (nSPS) is 25.5. The van der Waals surface area contributed by atoms with Crippen molar-refractivity contribution in [2.75, 3.05) is 13.1 Å². The molecule has 1 N–H and O–H groups in total. The van der Waals surface area contributed by atoms with Gasteiger partial charge in [-0.15, -0.1) is 0 Å². The summed E-state index contributed by atoms with van der Waals surface area (Å²) in [6, 6.07) is 5.88. The molecule has 1 aromatic heterocycles. The number of aliphatic hydroxyl groups is 1. The van der Waals surface area contributed by atoms with Gasteiger partial charge >= 0.3 is 0 Å². The van der Waals surface area contributed by atoms with Gasteiger partial charge in [0.25, 0.3) is 0 Å². The van der Waals surface area contributed by atoms with E-state index in [0.717, 1.165) is 18.5 Å². The van der Waals surface area contributed by atoms with Crippen molar-refractivity contribution in [2.24, 2.45) is 5.92 Å². The molecule has 0 aromatic carbocycles. The fourth-order valence-electron chi connectivity index (χ4n) is 2.17. The van der Waals surface area contributed by atoms with Gasteiger partial charge in [0.1, 0.15) is 11.8 Å². The first-order valence-corrected chi connectivity index (χ1v) is 5.95. The first-order chi connectivity index (χ1) is 8.20. The van der Waals surface area contributed by atoms with E-state index < -0.39 is 0 Å². The highest BCUT2D eigenvalue weighted by atomic mass is 16.3. The number of β-amino-alcohol motifs (C(OH)–C–C–N with tert-alkyl or cyclic N) is 1. The van der Waals surface area contributed by atoms with Gasteiger partial charge in [-0.2, -0.15) is 5.26 Å². The highest BCUT2D eigenvalue weighted by Gasteiger charge is 2.24. The minimum Gasteiger partial charge on any atom is -0.392 e. The Hall–Kier alpha value is -1.44. The highest BCUT2D eigenvalue weighted by molar-refractivity contribution is 5.30. The zero-order chi connectivity index (χ0) is 12.3. The van der Waals surface area contributed by atoms with Crippen LogP contribution < -0.4 is 0 Å². The number of aromatic nitrogens is 1. The predicted octanol–water partition coefficient (Wildman–Crippen LogP) is 1.16. The maximum absolute atomic E-state index is 9.83. The number of hydrogen-bond donors (Lipinski definition) is 1. The van der Waals surface area contributed by atoms with Crippen molar-refractivity contribution in [1.82, 2.24) is 9.88 Å². The van der Waals surface area contributed by atoms with E-state index in [1.54, 1.807) is 6.20 Å². The summed E-state index contributed by atoms with van der Waals surface area (Å²) in [4.78, 5) is 6.23. The SMILES string of the molecule is CC1CCN(Cc2cccnc2C#N)CC1O. The van der Waals surface area contributed by atoms with Crippen LogP contribution in [-0.2, 0) is 6.54 Å². The van der Waals surface area contributed by atoms with Gasteiger partial charge in [-0.05, 0) is 24.9 Å². The average molecular weight is 231 g/mol. The topological polar surface area (TPSA) is 60.2 Å². The van der Waals surface area contributed by atoms with E-state index in [2.05, 4.69) is 22.9 Å². The largest absolute Gasteiger partial charge is 0.392 e. The molecular weight excluding hydrogens is 214 g/mol. The summed E-state index contributed by atoms with van der Waals surface area (Å²) in [5.41, 5.74) is 1.43. The molecule has 4 nitrogen and oxygen atoms in total. The summed E-state index contributed by atoms with van der Waals surface area (Å²) in [6.45, 7) is 4.42. The molecule has 17 heavy (non-hydrogen) atoms. The minimum absolute atomic E-state index is 0.258. The lowest BCUT2D eigenvalue weighted by Gasteiger charge is -2.34. The smallest absolute Gasteiger partial charge is 0.144 e. The van der Waals surface area contributed by atoms with Crippen LogP contribution in [-0.4, -0.2) is 34.2 Å². The summed E-state index contributed by atoms with van der Waals surface area (Å²) in [6.07, 6.45) is 2.38. The second-order valence-electron chi connectivity index (χ2n) is 4.69. The number of hydrogen-bond acceptors (Lipinski definition) is 4. The van der Waals surface area contributed by atoms with E-state index in [9.17, 15) is 5.11 Å². The monoisotopic (exact) mass is 231 g/mol. The molecule has 1 aliphatic rings. The van der Waals surface area contributed by atoms with Gasteiger partial charge < -0.3 is 5.11 Å². The van der Waals surface area contributed by atoms with Crippen LogP contribution in [0.3, 0.4) is 0 Å². The molecule has 2 heterocycles. The number of nitrogens with zero attached hydrogens (tertiary/aromatic N) is 3. The number of likely N-dealkylation sites (tertiary alicyclic amines) is 1. The van der Waals surface area contributed by atoms with E-state index in [1.807, 2.05) is 12.1 Å². The van der Waals surface area contributed by atoms with Crippen molar-refractivity contribution in [3.05, 3.63) is 29.6 Å². The lowest BCUT2D eigenvalue weighted by Crippen LogP contribution is -2.42. The molecule has 1 aromatic rings. The molecule has 2 unspecified atom stereocenters. The van der Waals surface area contributed by atoms with Crippen LogP contribution in [0.1, 0.15) is 24.6 Å². The van der Waals surface area contributed by atoms with Crippen LogP contribution in [0, 0.1) is 17.2 Å². The Kier molecular flexibility index (Phi) is 3.72. The third-order valence-electron chi connectivity index (χ3n) is 3.39. The highest BCUT2D eigenvalue weighted by Crippen LogP contribution is 2.19. The van der Waals surface area contributed by atoms with Crippen molar-refractivity contribution < 1.29 is 5.11 Å². The van der Waals surface area contributed by atoms with Gasteiger partial charge in [0.05, 0.1) is 6.10 Å². The van der Waals surface area contributed by atoms with E-state index in [-0.39, 0.29) is 6.10 Å². The van der Waals surface area contributed by atoms with Crippen molar-refractivity contribution in [3.63, 3.8) is 0 Å². The first kappa shape index (κ1) is 12.0. The Morgan fingerprint density at radius 1 is 1.65 bits per heavy atom. The lowest BCUT2D eigenvalue weighted by atomic mass is 9.95. The molecule has 1 fully saturated rings. The molecule has 0 amide bonds. The molecule has 0 radical (unpaired) electrons. The van der Waals surface area contributed by atoms with Gasteiger partial charge in [0, 0.05) is 24.8 Å². The van der Waals surface area contributed by atoms with Gasteiger partial charge in [-0.1, -0.05) is 13.0 Å². The number of nitriles is 1. The van der Waals surface area contributed by atoms with Crippen molar-refractivity contribution >= 4 is 0 Å². The quantitative estimate of drug-likeness (QED) is 0.829. The number of aliphatic hydroxyl groups excluding tert-OH is 1. The Balaban J connectivity index is 2.04. The van der Waals surface area contributed by atoms with Gasteiger partial charge in [-0.3, -0.25) is 4.90 Å². The molecule has 2 rings (SSSR count). The van der Waals surface area contributed by atoms with Crippen LogP contribution >= 0.6 is 0 Å². The zero-order valence-corrected chi connectivity index (χ0v) is 10.0. The van der Waals surface area contributed by atoms with E-state index in [1.165, 1.54) is 0 Å². The molecule has 1 aliphatic heterocycles. The maximum Gasteiger partial charge on any atom is 0.144 e. The van der Waals surface area contributed by atoms with Crippen LogP contribution in [0.15, 0.2) is 18.3 Å². The third-order valence-corrected chi connectivity index (χ3v) is 3.39. The Morgan fingerprint density at radius 3 is 3.18 bits per heavy atom. The van der Waals surface area contributed by atoms with Gasteiger partial charge in [0.15, 0.2) is 0 Å². The Bertz CT molecular complexity index is 427. The van der Waals surface area contributed by atoms with Crippen LogP contribution in [0.4, 0.5) is 0 Å². The first-order valence-electron chi connectivity index (χ1n) is 5.95. The second-order valence-corrected chi connectivity index (χ2v) is 4.69. The second kappa shape index (κ2) is 5.26. The number of piperidine rings is 1. The summed E-state index contributed by atoms with van der Waals surface area (Å²) >= 11 is 0. The van der Waals surface area contributed by atoms with E-state index in [0.29, 0.717) is 24.7 Å². The molecule has 90 valence electrons. The Labute approximate surface area is 102 Å². The maximum atomic E-state index is 9.83. The molecule has 0 aliphatic carbocycles. The summed E-state index contributed by atoms with van der Waals surface area (Å²) in [5.74, 6) is 0.371. The van der Waals surface area contributed by atoms with Gasteiger partial charge in [-0.25, -0.2) is 4.98 Å². The zero-order valence-electron chi connectivity index (χ0n) is 10.0. The fourth-order valence-corrected chi connectivity index (χ4v) is 2.17. The van der Waals surface area contributed by atoms with E-state index in [4.69, 9.17) is 5.26 Å². The molecular formula is C13H17N3O. The Morgan fingerprint density at radius 2 is 2.47 bits per heavy atom. The third kappa shape index (κ3) is 2.82. The summed E-state index contributed by atoms with van der Waals surface area (Å²) < 4.78 is 0. The molecule has 0 spiro atoms. The molecule has 4 heteroatoms. The van der Waals surface area contributed by atoms with Crippen molar-refractivity contribution in [2.45, 2.75) is 26.0 Å². The number of pyridine rings is 1. The number of rotatable bonds is 2. The fraction of sp³-hybridized carbons (Fsp3) is 0.538. The molecule has 2 atom stereocenters. The van der Waals surface area contributed by atoms with E-state index >= 15 is 0 Å². The summed E-state index contributed by atoms with van der Waals surface area (Å²) in [7, 11) is 0. The lowest BCUT2D eigenvalue weighted by molar-refractivity contribution is 0.0258. The van der Waals surface area contributed by atoms with Crippen molar-refractivity contribution in [1.29, 1.82) is 5.26 Å². The average Bonchev–Trinajstić information content (AvgIpc) is 2.34. The predicted molar refractivity (Wildman–Crippen MR) is 64.0 cm³/mol. The van der Waals surface area contributed by atoms with Crippen LogP contribution in [0.2, 0.25) is 0 Å². The summed E-state index contributed by atoms with van der Waals surface area (Å²) in [5, 5.41) is 18.8. The minimum atomic E-state index is -0.258. The molecule has 0 saturated carbocycles. The van der Waals surface area contributed by atoms with Crippen molar-refractivity contribution in [3.8, 4) is 6.07 Å². The molecule has 0 bridgehead atoms. The van der Waals surface area contributed by atoms with Crippen LogP contribution in [0.5, 0.6) is 0 Å². The standard InChI is InChI=1S/C13H17N3O/c1-10-4-6-16(9-13(10)17)8-11-3-2-5-15-12(11)7-14/h2-3,5,10,13,17H,4,6,8-9H2,1H3. The van der Waals surface area contributed by atoms with Gasteiger partial charge in [0.2, 0.25) is 0 Å².